The molecule has 0 spiro atoms. The van der Waals surface area contributed by atoms with E-state index < -0.39 is 0 Å². The first-order valence-electron chi connectivity index (χ1n) is 5.30. The van der Waals surface area contributed by atoms with Crippen molar-refractivity contribution in [3.8, 4) is 11.1 Å². The minimum Gasteiger partial charge on any atom is -0.294 e. The molecule has 3 heteroatoms. The van der Waals surface area contributed by atoms with E-state index in [1.165, 1.54) is 11.5 Å². The predicted molar refractivity (Wildman–Crippen MR) is 68.9 cm³/mol. The average Bonchev–Trinajstić information content (AvgIpc) is 2.82. The standard InChI is InChI=1S/C11H9NOS.C2H6/c1-8(13)11-10(7-12-14-11)9-5-3-2-4-6-9;1-2/h2-7H,1H3;1-2H3. The lowest BCUT2D eigenvalue weighted by atomic mass is 10.1. The summed E-state index contributed by atoms with van der Waals surface area (Å²) in [5, 5.41) is 0. The molecule has 0 N–H and O–H groups in total. The minimum atomic E-state index is 0.0753. The van der Waals surface area contributed by atoms with Crippen LogP contribution in [0.2, 0.25) is 0 Å². The fourth-order valence-electron chi connectivity index (χ4n) is 1.32. The van der Waals surface area contributed by atoms with E-state index in [1.54, 1.807) is 13.1 Å². The molecular formula is C13H15NOS. The number of hydrogen-bond acceptors (Lipinski definition) is 3. The van der Waals surface area contributed by atoms with E-state index in [9.17, 15) is 4.79 Å². The minimum absolute atomic E-state index is 0.0753. The smallest absolute Gasteiger partial charge is 0.171 e. The molecule has 0 aliphatic carbocycles. The SMILES string of the molecule is CC.CC(=O)c1sncc1-c1ccccc1. The summed E-state index contributed by atoms with van der Waals surface area (Å²) < 4.78 is 4.04. The van der Waals surface area contributed by atoms with Crippen LogP contribution in [0.15, 0.2) is 36.5 Å². The van der Waals surface area contributed by atoms with Crippen molar-refractivity contribution < 1.29 is 4.79 Å². The first-order valence-corrected chi connectivity index (χ1v) is 6.07. The van der Waals surface area contributed by atoms with Crippen molar-refractivity contribution in [2.45, 2.75) is 20.8 Å². The summed E-state index contributed by atoms with van der Waals surface area (Å²) in [5.74, 6) is 0.0753. The van der Waals surface area contributed by atoms with E-state index >= 15 is 0 Å². The van der Waals surface area contributed by atoms with Gasteiger partial charge in [-0.2, -0.15) is 4.37 Å². The van der Waals surface area contributed by atoms with Crippen molar-refractivity contribution in [3.63, 3.8) is 0 Å². The lowest BCUT2D eigenvalue weighted by Crippen LogP contribution is -1.89. The molecule has 0 saturated carbocycles. The summed E-state index contributed by atoms with van der Waals surface area (Å²) in [6, 6.07) is 9.83. The van der Waals surface area contributed by atoms with Gasteiger partial charge in [0.25, 0.3) is 0 Å². The quantitative estimate of drug-likeness (QED) is 0.733. The monoisotopic (exact) mass is 233 g/mol. The number of ketones is 1. The fourth-order valence-corrected chi connectivity index (χ4v) is 1.98. The molecule has 0 fully saturated rings. The summed E-state index contributed by atoms with van der Waals surface area (Å²) in [7, 11) is 0. The van der Waals surface area contributed by atoms with Crippen molar-refractivity contribution in [1.29, 1.82) is 0 Å². The van der Waals surface area contributed by atoms with Crippen LogP contribution in [-0.4, -0.2) is 10.2 Å². The summed E-state index contributed by atoms with van der Waals surface area (Å²) in [4.78, 5) is 12.0. The Balaban J connectivity index is 0.000000606. The molecule has 2 aromatic rings. The summed E-state index contributed by atoms with van der Waals surface area (Å²) in [6.45, 7) is 5.57. The van der Waals surface area contributed by atoms with Crippen LogP contribution in [0, 0.1) is 0 Å². The largest absolute Gasteiger partial charge is 0.294 e. The summed E-state index contributed by atoms with van der Waals surface area (Å²) >= 11 is 1.25. The van der Waals surface area contributed by atoms with Gasteiger partial charge < -0.3 is 0 Å². The lowest BCUT2D eigenvalue weighted by molar-refractivity contribution is 0.102. The van der Waals surface area contributed by atoms with Crippen LogP contribution in [0.4, 0.5) is 0 Å². The Morgan fingerprint density at radius 1 is 1.19 bits per heavy atom. The Morgan fingerprint density at radius 3 is 2.38 bits per heavy atom. The summed E-state index contributed by atoms with van der Waals surface area (Å²) in [5.41, 5.74) is 1.98. The molecule has 1 heterocycles. The Morgan fingerprint density at radius 2 is 1.81 bits per heavy atom. The van der Waals surface area contributed by atoms with E-state index in [1.807, 2.05) is 44.2 Å². The normalized spacial score (nSPS) is 9.19. The molecule has 84 valence electrons. The molecule has 1 aromatic heterocycles. The van der Waals surface area contributed by atoms with Crippen LogP contribution < -0.4 is 0 Å². The molecular weight excluding hydrogens is 218 g/mol. The van der Waals surface area contributed by atoms with Crippen molar-refractivity contribution in [2.24, 2.45) is 0 Å². The van der Waals surface area contributed by atoms with Gasteiger partial charge in [0.1, 0.15) is 0 Å². The van der Waals surface area contributed by atoms with Crippen molar-refractivity contribution >= 4 is 17.3 Å². The highest BCUT2D eigenvalue weighted by Gasteiger charge is 2.11. The third-order valence-corrected chi connectivity index (χ3v) is 2.88. The molecule has 0 amide bonds. The Kier molecular flexibility index (Phi) is 4.86. The van der Waals surface area contributed by atoms with Crippen molar-refractivity contribution in [2.75, 3.05) is 0 Å². The highest BCUT2D eigenvalue weighted by atomic mass is 32.1. The van der Waals surface area contributed by atoms with Gasteiger partial charge in [-0.05, 0) is 17.1 Å². The molecule has 0 atom stereocenters. The lowest BCUT2D eigenvalue weighted by Gasteiger charge is -1.98. The van der Waals surface area contributed by atoms with Crippen LogP contribution in [0.1, 0.15) is 30.4 Å². The van der Waals surface area contributed by atoms with Gasteiger partial charge in [0.15, 0.2) is 5.78 Å². The zero-order valence-corrected chi connectivity index (χ0v) is 10.5. The molecule has 0 unspecified atom stereocenters. The molecule has 2 rings (SSSR count). The van der Waals surface area contributed by atoms with E-state index in [-0.39, 0.29) is 5.78 Å². The van der Waals surface area contributed by atoms with Crippen LogP contribution in [-0.2, 0) is 0 Å². The number of hydrogen-bond donors (Lipinski definition) is 0. The highest BCUT2D eigenvalue weighted by Crippen LogP contribution is 2.26. The zero-order chi connectivity index (χ0) is 12.0. The number of Topliss-reactive ketones (excluding diaryl/α,β-unsaturated/α-hetero) is 1. The average molecular weight is 233 g/mol. The predicted octanol–water partition coefficient (Wildman–Crippen LogP) is 4.04. The molecule has 0 radical (unpaired) electrons. The third kappa shape index (κ3) is 2.76. The van der Waals surface area contributed by atoms with Gasteiger partial charge in [0.05, 0.1) is 4.88 Å². The Labute approximate surface area is 100 Å². The molecule has 16 heavy (non-hydrogen) atoms. The van der Waals surface area contributed by atoms with Gasteiger partial charge in [-0.1, -0.05) is 44.2 Å². The topological polar surface area (TPSA) is 30.0 Å². The van der Waals surface area contributed by atoms with Gasteiger partial charge in [-0.25, -0.2) is 0 Å². The van der Waals surface area contributed by atoms with Crippen LogP contribution >= 0.6 is 11.5 Å². The van der Waals surface area contributed by atoms with Gasteiger partial charge >= 0.3 is 0 Å². The second-order valence-corrected chi connectivity index (χ2v) is 3.79. The van der Waals surface area contributed by atoms with Gasteiger partial charge in [-0.15, -0.1) is 0 Å². The highest BCUT2D eigenvalue weighted by molar-refractivity contribution is 7.08. The van der Waals surface area contributed by atoms with Crippen LogP contribution in [0.5, 0.6) is 0 Å². The van der Waals surface area contributed by atoms with Crippen molar-refractivity contribution in [3.05, 3.63) is 41.4 Å². The maximum absolute atomic E-state index is 11.3. The number of nitrogens with zero attached hydrogens (tertiary/aromatic N) is 1. The Bertz CT molecular complexity index is 448. The van der Waals surface area contributed by atoms with E-state index in [0.29, 0.717) is 0 Å². The number of aromatic nitrogens is 1. The van der Waals surface area contributed by atoms with Crippen LogP contribution in [0.25, 0.3) is 11.1 Å². The van der Waals surface area contributed by atoms with Crippen LogP contribution in [0.3, 0.4) is 0 Å². The van der Waals surface area contributed by atoms with E-state index in [2.05, 4.69) is 4.37 Å². The number of benzene rings is 1. The molecule has 0 aliphatic heterocycles. The third-order valence-electron chi connectivity index (χ3n) is 1.97. The molecule has 0 saturated heterocycles. The van der Waals surface area contributed by atoms with E-state index in [0.717, 1.165) is 16.0 Å². The van der Waals surface area contributed by atoms with Gasteiger partial charge in [-0.3, -0.25) is 4.79 Å². The molecule has 2 nitrogen and oxygen atoms in total. The maximum Gasteiger partial charge on any atom is 0.171 e. The summed E-state index contributed by atoms with van der Waals surface area (Å²) in [6.07, 6.45) is 1.75. The number of carbonyl (C=O) groups is 1. The second-order valence-electron chi connectivity index (χ2n) is 2.99. The fraction of sp³-hybridized carbons (Fsp3) is 0.231. The maximum atomic E-state index is 11.3. The van der Waals surface area contributed by atoms with Crippen molar-refractivity contribution in [1.82, 2.24) is 4.37 Å². The van der Waals surface area contributed by atoms with E-state index in [4.69, 9.17) is 0 Å². The Hall–Kier alpha value is -1.48. The van der Waals surface area contributed by atoms with Gasteiger partial charge in [0, 0.05) is 18.7 Å². The first kappa shape index (κ1) is 12.6. The second kappa shape index (κ2) is 6.18. The molecule has 0 bridgehead atoms. The van der Waals surface area contributed by atoms with Gasteiger partial charge in [0.2, 0.25) is 0 Å². The first-order chi connectivity index (χ1) is 7.79. The molecule has 0 aliphatic rings. The number of rotatable bonds is 2. The molecule has 1 aromatic carbocycles. The zero-order valence-electron chi connectivity index (χ0n) is 9.73. The number of carbonyl (C=O) groups excluding carboxylic acids is 1.